The highest BCUT2D eigenvalue weighted by Gasteiger charge is 2.23. The summed E-state index contributed by atoms with van der Waals surface area (Å²) in [5, 5.41) is 6.90. The molecule has 7 nitrogen and oxygen atoms in total. The molecule has 1 aliphatic carbocycles. The van der Waals surface area contributed by atoms with Crippen molar-refractivity contribution in [2.24, 2.45) is 16.8 Å². The van der Waals surface area contributed by atoms with Crippen LogP contribution >= 0.6 is 0 Å². The average molecular weight is 404 g/mol. The van der Waals surface area contributed by atoms with Crippen LogP contribution in [0.25, 0.3) is 0 Å². The van der Waals surface area contributed by atoms with Gasteiger partial charge in [0.25, 0.3) is 0 Å². The molecule has 2 aliphatic rings. The van der Waals surface area contributed by atoms with Gasteiger partial charge in [0.15, 0.2) is 5.96 Å². The van der Waals surface area contributed by atoms with Crippen molar-refractivity contribution in [3.05, 3.63) is 23.9 Å². The van der Waals surface area contributed by atoms with Crippen LogP contribution in [0, 0.1) is 11.8 Å². The van der Waals surface area contributed by atoms with Gasteiger partial charge in [-0.3, -0.25) is 9.89 Å². The van der Waals surface area contributed by atoms with Crippen molar-refractivity contribution >= 4 is 5.96 Å². The Labute approximate surface area is 175 Å². The first-order chi connectivity index (χ1) is 14.1. The van der Waals surface area contributed by atoms with E-state index in [0.717, 1.165) is 63.3 Å². The number of morpholine rings is 1. The van der Waals surface area contributed by atoms with Crippen molar-refractivity contribution in [2.45, 2.75) is 45.7 Å². The molecule has 0 bridgehead atoms. The fourth-order valence-corrected chi connectivity index (χ4v) is 3.56. The lowest BCUT2D eigenvalue weighted by Gasteiger charge is -2.35. The Morgan fingerprint density at radius 2 is 2.07 bits per heavy atom. The van der Waals surface area contributed by atoms with E-state index in [1.54, 1.807) is 0 Å². The zero-order chi connectivity index (χ0) is 20.5. The molecule has 1 atom stereocenters. The minimum atomic E-state index is 0.488. The summed E-state index contributed by atoms with van der Waals surface area (Å²) < 4.78 is 11.2. The van der Waals surface area contributed by atoms with Crippen molar-refractivity contribution in [3.63, 3.8) is 0 Å². The topological polar surface area (TPSA) is 71.0 Å². The third kappa shape index (κ3) is 7.82. The van der Waals surface area contributed by atoms with Gasteiger partial charge in [-0.05, 0) is 36.7 Å². The smallest absolute Gasteiger partial charge is 0.213 e. The van der Waals surface area contributed by atoms with Crippen molar-refractivity contribution in [2.75, 3.05) is 46.5 Å². The van der Waals surface area contributed by atoms with Gasteiger partial charge >= 0.3 is 0 Å². The molecule has 162 valence electrons. The molecule has 0 spiro atoms. The maximum Gasteiger partial charge on any atom is 0.213 e. The number of guanidine groups is 1. The number of rotatable bonds is 10. The van der Waals surface area contributed by atoms with Crippen LogP contribution in [0.3, 0.4) is 0 Å². The van der Waals surface area contributed by atoms with Gasteiger partial charge in [-0.25, -0.2) is 4.98 Å². The molecule has 7 heteroatoms. The van der Waals surface area contributed by atoms with Gasteiger partial charge in [0.05, 0.1) is 19.8 Å². The van der Waals surface area contributed by atoms with Crippen LogP contribution < -0.4 is 15.4 Å². The van der Waals surface area contributed by atoms with E-state index in [4.69, 9.17) is 9.47 Å². The number of aromatic nitrogens is 1. The Morgan fingerprint density at radius 1 is 1.28 bits per heavy atom. The molecule has 1 aromatic heterocycles. The van der Waals surface area contributed by atoms with E-state index in [1.807, 2.05) is 19.3 Å². The highest BCUT2D eigenvalue weighted by atomic mass is 16.5. The van der Waals surface area contributed by atoms with Crippen LogP contribution in [0.2, 0.25) is 0 Å². The van der Waals surface area contributed by atoms with Gasteiger partial charge in [0.1, 0.15) is 0 Å². The van der Waals surface area contributed by atoms with E-state index in [0.29, 0.717) is 24.4 Å². The van der Waals surface area contributed by atoms with Crippen molar-refractivity contribution in [1.29, 1.82) is 0 Å². The normalized spacial score (nSPS) is 19.2. The fraction of sp³-hybridized carbons (Fsp3) is 0.727. The number of pyridine rings is 1. The summed E-state index contributed by atoms with van der Waals surface area (Å²) in [5.41, 5.74) is 1.11. The third-order valence-corrected chi connectivity index (χ3v) is 5.46. The van der Waals surface area contributed by atoms with Gasteiger partial charge in [0, 0.05) is 51.5 Å². The molecular weight excluding hydrogens is 366 g/mol. The molecule has 1 unspecified atom stereocenters. The second-order valence-corrected chi connectivity index (χ2v) is 8.50. The van der Waals surface area contributed by atoms with E-state index in [2.05, 4.69) is 45.4 Å². The quantitative estimate of drug-likeness (QED) is 0.461. The lowest BCUT2D eigenvalue weighted by molar-refractivity contribution is 0.0132. The number of hydrogen-bond donors (Lipinski definition) is 2. The van der Waals surface area contributed by atoms with E-state index < -0.39 is 0 Å². The maximum absolute atomic E-state index is 5.70. The predicted octanol–water partition coefficient (Wildman–Crippen LogP) is 2.28. The van der Waals surface area contributed by atoms with Gasteiger partial charge in [-0.1, -0.05) is 19.9 Å². The lowest BCUT2D eigenvalue weighted by atomic mass is 10.0. The fourth-order valence-electron chi connectivity index (χ4n) is 3.56. The molecule has 0 amide bonds. The molecule has 0 aromatic carbocycles. The first-order valence-corrected chi connectivity index (χ1v) is 11.0. The molecule has 2 N–H and O–H groups in total. The Hall–Kier alpha value is -1.86. The van der Waals surface area contributed by atoms with Gasteiger partial charge in [-0.2, -0.15) is 0 Å². The maximum atomic E-state index is 5.70. The average Bonchev–Trinajstić information content (AvgIpc) is 3.57. The van der Waals surface area contributed by atoms with Crippen LogP contribution in [0.4, 0.5) is 0 Å². The molecule has 29 heavy (non-hydrogen) atoms. The minimum absolute atomic E-state index is 0.488. The highest BCUT2D eigenvalue weighted by Crippen LogP contribution is 2.29. The molecule has 1 aliphatic heterocycles. The van der Waals surface area contributed by atoms with Gasteiger partial charge in [-0.15, -0.1) is 0 Å². The Morgan fingerprint density at radius 3 is 2.69 bits per heavy atom. The zero-order valence-electron chi connectivity index (χ0n) is 18.2. The highest BCUT2D eigenvalue weighted by molar-refractivity contribution is 5.79. The Balaban J connectivity index is 1.43. The molecule has 0 radical (unpaired) electrons. The standard InChI is InChI=1S/C22H37N5O2/c1-17(2)12-20(27-8-10-28-11-9-27)15-26-22(23-3)25-14-19-6-7-21(24-13-19)29-16-18-4-5-18/h6-7,13,17-18,20H,4-5,8-12,14-16H2,1-3H3,(H2,23,25,26). The number of nitrogens with zero attached hydrogens (tertiary/aromatic N) is 3. The van der Waals surface area contributed by atoms with Crippen LogP contribution in [0.5, 0.6) is 5.88 Å². The minimum Gasteiger partial charge on any atom is -0.477 e. The SMILES string of the molecule is CN=C(NCc1ccc(OCC2CC2)nc1)NCC(CC(C)C)N1CCOCC1. The largest absolute Gasteiger partial charge is 0.477 e. The molecular formula is C22H37N5O2. The molecule has 1 saturated heterocycles. The first-order valence-electron chi connectivity index (χ1n) is 11.0. The number of ether oxygens (including phenoxy) is 2. The summed E-state index contributed by atoms with van der Waals surface area (Å²) >= 11 is 0. The summed E-state index contributed by atoms with van der Waals surface area (Å²) in [5.74, 6) is 2.93. The predicted molar refractivity (Wildman–Crippen MR) is 116 cm³/mol. The molecule has 1 aromatic rings. The molecule has 1 saturated carbocycles. The monoisotopic (exact) mass is 403 g/mol. The van der Waals surface area contributed by atoms with E-state index >= 15 is 0 Å². The second kappa shape index (κ2) is 11.4. The first kappa shape index (κ1) is 21.8. The van der Waals surface area contributed by atoms with Crippen LogP contribution in [-0.2, 0) is 11.3 Å². The summed E-state index contributed by atoms with van der Waals surface area (Å²) in [6.45, 7) is 10.6. The van der Waals surface area contributed by atoms with Gasteiger partial charge < -0.3 is 20.1 Å². The number of hydrogen-bond acceptors (Lipinski definition) is 5. The van der Waals surface area contributed by atoms with Crippen LogP contribution in [0.1, 0.15) is 38.7 Å². The Bertz CT molecular complexity index is 625. The Kier molecular flexibility index (Phi) is 8.55. The second-order valence-electron chi connectivity index (χ2n) is 8.50. The number of nitrogens with one attached hydrogen (secondary N) is 2. The van der Waals surface area contributed by atoms with Crippen LogP contribution in [-0.4, -0.2) is 68.4 Å². The molecule has 2 heterocycles. The zero-order valence-corrected chi connectivity index (χ0v) is 18.2. The third-order valence-electron chi connectivity index (χ3n) is 5.46. The summed E-state index contributed by atoms with van der Waals surface area (Å²) in [4.78, 5) is 11.3. The van der Waals surface area contributed by atoms with Crippen molar-refractivity contribution < 1.29 is 9.47 Å². The van der Waals surface area contributed by atoms with Crippen molar-refractivity contribution in [1.82, 2.24) is 20.5 Å². The summed E-state index contributed by atoms with van der Waals surface area (Å²) in [6.07, 6.45) is 5.61. The van der Waals surface area contributed by atoms with E-state index in [9.17, 15) is 0 Å². The molecule has 2 fully saturated rings. The lowest BCUT2D eigenvalue weighted by Crippen LogP contribution is -2.50. The summed E-state index contributed by atoms with van der Waals surface area (Å²) in [7, 11) is 1.81. The van der Waals surface area contributed by atoms with Crippen LogP contribution in [0.15, 0.2) is 23.3 Å². The van der Waals surface area contributed by atoms with Crippen molar-refractivity contribution in [3.8, 4) is 5.88 Å². The summed E-state index contributed by atoms with van der Waals surface area (Å²) in [6, 6.07) is 4.50. The molecule has 3 rings (SSSR count). The van der Waals surface area contributed by atoms with Gasteiger partial charge in [0.2, 0.25) is 5.88 Å². The van der Waals surface area contributed by atoms with E-state index in [1.165, 1.54) is 12.8 Å². The van der Waals surface area contributed by atoms with E-state index in [-0.39, 0.29) is 0 Å². The number of aliphatic imine (C=N–C) groups is 1.